The second kappa shape index (κ2) is 12.6. The van der Waals surface area contributed by atoms with Crippen molar-refractivity contribution in [1.82, 2.24) is 13.6 Å². The van der Waals surface area contributed by atoms with Crippen molar-refractivity contribution in [3.05, 3.63) is 23.9 Å². The first-order chi connectivity index (χ1) is 13.8. The molecular weight excluding hydrogens is 372 g/mol. The minimum absolute atomic E-state index is 0.441. The summed E-state index contributed by atoms with van der Waals surface area (Å²) in [4.78, 5) is 4.26. The first-order valence-electron chi connectivity index (χ1n) is 10.9. The molecule has 7 heteroatoms. The zero-order chi connectivity index (χ0) is 19.4. The van der Waals surface area contributed by atoms with E-state index in [0.29, 0.717) is 25.1 Å². The van der Waals surface area contributed by atoms with Crippen molar-refractivity contribution in [3.63, 3.8) is 0 Å². The van der Waals surface area contributed by atoms with Crippen LogP contribution in [-0.2, 0) is 11.3 Å². The molecular formula is C21H36N4O2S. The van der Waals surface area contributed by atoms with Gasteiger partial charge in [-0.15, -0.1) is 0 Å². The Morgan fingerprint density at radius 1 is 1.07 bits per heavy atom. The number of aromatic nitrogens is 1. The molecule has 1 aromatic heterocycles. The molecule has 3 aliphatic rings. The van der Waals surface area contributed by atoms with Crippen LogP contribution in [0.1, 0.15) is 56.9 Å². The lowest BCUT2D eigenvalue weighted by Gasteiger charge is -2.31. The molecule has 1 unspecified atom stereocenters. The number of nitrogens with two attached hydrogens (primary N) is 1. The maximum Gasteiger partial charge on any atom is 0.213 e. The predicted octanol–water partition coefficient (Wildman–Crippen LogP) is 3.62. The summed E-state index contributed by atoms with van der Waals surface area (Å²) < 4.78 is 16.1. The molecule has 0 amide bonds. The van der Waals surface area contributed by atoms with E-state index in [1.165, 1.54) is 51.4 Å². The third-order valence-corrected chi connectivity index (χ3v) is 6.76. The van der Waals surface area contributed by atoms with Crippen molar-refractivity contribution in [1.29, 1.82) is 0 Å². The molecule has 28 heavy (non-hydrogen) atoms. The van der Waals surface area contributed by atoms with Crippen LogP contribution in [0, 0.1) is 0 Å². The quantitative estimate of drug-likeness (QED) is 0.721. The first kappa shape index (κ1) is 21.8. The van der Waals surface area contributed by atoms with E-state index in [2.05, 4.69) is 13.6 Å². The van der Waals surface area contributed by atoms with Gasteiger partial charge in [-0.2, -0.15) is 0 Å². The predicted molar refractivity (Wildman–Crippen MR) is 115 cm³/mol. The first-order valence-corrected chi connectivity index (χ1v) is 11.6. The normalized spacial score (nSPS) is 23.8. The third-order valence-electron chi connectivity index (χ3n) is 5.47. The van der Waals surface area contributed by atoms with Crippen LogP contribution >= 0.6 is 12.1 Å². The van der Waals surface area contributed by atoms with Crippen LogP contribution in [0.4, 0.5) is 0 Å². The van der Waals surface area contributed by atoms with Crippen LogP contribution in [0.15, 0.2) is 18.3 Å². The van der Waals surface area contributed by atoms with E-state index >= 15 is 0 Å². The minimum Gasteiger partial charge on any atom is -0.476 e. The summed E-state index contributed by atoms with van der Waals surface area (Å²) in [5.41, 5.74) is 6.70. The number of nitrogens with zero attached hydrogens (tertiary/aromatic N) is 3. The zero-order valence-corrected chi connectivity index (χ0v) is 17.9. The molecule has 1 saturated carbocycles. The molecule has 2 aliphatic heterocycles. The Morgan fingerprint density at radius 3 is 2.46 bits per heavy atom. The number of hydrogen-bond donors (Lipinski definition) is 1. The molecule has 6 nitrogen and oxygen atoms in total. The van der Waals surface area contributed by atoms with Gasteiger partial charge < -0.3 is 15.2 Å². The van der Waals surface area contributed by atoms with E-state index in [4.69, 9.17) is 15.2 Å². The Balaban J connectivity index is 0.000000320. The number of hydrogen-bond acceptors (Lipinski definition) is 7. The van der Waals surface area contributed by atoms with Gasteiger partial charge in [-0.3, -0.25) is 0 Å². The van der Waals surface area contributed by atoms with E-state index in [1.807, 2.05) is 24.3 Å². The van der Waals surface area contributed by atoms with Gasteiger partial charge in [-0.05, 0) is 24.5 Å². The third kappa shape index (κ3) is 7.52. The lowest BCUT2D eigenvalue weighted by molar-refractivity contribution is 0.0753. The van der Waals surface area contributed by atoms with E-state index in [0.717, 1.165) is 38.4 Å². The van der Waals surface area contributed by atoms with Crippen molar-refractivity contribution < 1.29 is 9.47 Å². The van der Waals surface area contributed by atoms with Crippen molar-refractivity contribution in [3.8, 4) is 5.88 Å². The van der Waals surface area contributed by atoms with Crippen LogP contribution in [-0.4, -0.2) is 59.1 Å². The smallest absolute Gasteiger partial charge is 0.213 e. The number of morpholine rings is 1. The number of pyridine rings is 1. The lowest BCUT2D eigenvalue weighted by Crippen LogP contribution is -2.37. The monoisotopic (exact) mass is 408 g/mol. The molecule has 3 heterocycles. The fraction of sp³-hybridized carbons (Fsp3) is 0.762. The Hall–Kier alpha value is -0.860. The molecule has 158 valence electrons. The van der Waals surface area contributed by atoms with Crippen molar-refractivity contribution in [2.45, 2.75) is 64.0 Å². The molecule has 0 radical (unpaired) electrons. The summed E-state index contributed by atoms with van der Waals surface area (Å²) in [6, 6.07) is 4.29. The highest BCUT2D eigenvalue weighted by atomic mass is 32.2. The Bertz CT molecular complexity index is 541. The van der Waals surface area contributed by atoms with Gasteiger partial charge in [0.25, 0.3) is 0 Å². The molecule has 0 spiro atoms. The topological polar surface area (TPSA) is 63.9 Å². The number of ether oxygens (including phenoxy) is 2. The van der Waals surface area contributed by atoms with E-state index in [-0.39, 0.29) is 0 Å². The highest BCUT2D eigenvalue weighted by Gasteiger charge is 2.28. The highest BCUT2D eigenvalue weighted by Crippen LogP contribution is 2.28. The van der Waals surface area contributed by atoms with Gasteiger partial charge in [-0.1, -0.05) is 38.5 Å². The molecule has 2 saturated heterocycles. The molecule has 1 aliphatic carbocycles. The molecule has 4 rings (SSSR count). The molecule has 1 aromatic rings. The Kier molecular flexibility index (Phi) is 9.87. The molecule has 1 atom stereocenters. The van der Waals surface area contributed by atoms with Gasteiger partial charge in [0, 0.05) is 50.6 Å². The van der Waals surface area contributed by atoms with E-state index in [9.17, 15) is 0 Å². The summed E-state index contributed by atoms with van der Waals surface area (Å²) >= 11 is 1.85. The summed E-state index contributed by atoms with van der Waals surface area (Å²) in [5.74, 6) is 0.672. The Morgan fingerprint density at radius 2 is 1.79 bits per heavy atom. The van der Waals surface area contributed by atoms with Gasteiger partial charge >= 0.3 is 0 Å². The van der Waals surface area contributed by atoms with Crippen molar-refractivity contribution >= 4 is 12.1 Å². The van der Waals surface area contributed by atoms with Gasteiger partial charge in [0.15, 0.2) is 0 Å². The van der Waals surface area contributed by atoms with Gasteiger partial charge in [0.1, 0.15) is 6.61 Å². The summed E-state index contributed by atoms with van der Waals surface area (Å²) in [6.07, 6.45) is 13.2. The summed E-state index contributed by atoms with van der Waals surface area (Å²) in [5, 5.41) is 0. The lowest BCUT2D eigenvalue weighted by atomic mass is 10.0. The van der Waals surface area contributed by atoms with Crippen LogP contribution < -0.4 is 10.5 Å². The van der Waals surface area contributed by atoms with Crippen molar-refractivity contribution in [2.75, 3.05) is 39.5 Å². The van der Waals surface area contributed by atoms with E-state index in [1.54, 1.807) is 6.20 Å². The average molecular weight is 409 g/mol. The summed E-state index contributed by atoms with van der Waals surface area (Å²) in [7, 11) is 0. The maximum atomic E-state index is 5.89. The standard InChI is InChI=1S/C15H24N4O2S.C6H12/c16-11-13-3-4-17-15(10-13)21-12-14-2-1-5-19(14)22-18-6-8-20-9-7-18;1-2-4-6-5-3-1/h3-4,10,14H,1-2,5-9,11-12,16H2;1-6H2. The second-order valence-electron chi connectivity index (χ2n) is 7.70. The molecule has 0 aromatic carbocycles. The fourth-order valence-corrected chi connectivity index (χ4v) is 4.88. The highest BCUT2D eigenvalue weighted by molar-refractivity contribution is 7.94. The van der Waals surface area contributed by atoms with Crippen LogP contribution in [0.5, 0.6) is 5.88 Å². The molecule has 3 fully saturated rings. The van der Waals surface area contributed by atoms with Crippen molar-refractivity contribution in [2.24, 2.45) is 5.73 Å². The number of rotatable bonds is 6. The fourth-order valence-electron chi connectivity index (χ4n) is 3.76. The largest absolute Gasteiger partial charge is 0.476 e. The Labute approximate surface area is 174 Å². The maximum absolute atomic E-state index is 5.89. The summed E-state index contributed by atoms with van der Waals surface area (Å²) in [6.45, 7) is 5.96. The van der Waals surface area contributed by atoms with Crippen LogP contribution in [0.25, 0.3) is 0 Å². The van der Waals surface area contributed by atoms with Gasteiger partial charge in [-0.25, -0.2) is 13.6 Å². The van der Waals surface area contributed by atoms with Gasteiger partial charge in [0.05, 0.1) is 19.3 Å². The molecule has 2 N–H and O–H groups in total. The van der Waals surface area contributed by atoms with Crippen LogP contribution in [0.3, 0.4) is 0 Å². The van der Waals surface area contributed by atoms with E-state index < -0.39 is 0 Å². The second-order valence-corrected chi connectivity index (χ2v) is 8.85. The van der Waals surface area contributed by atoms with Gasteiger partial charge in [0.2, 0.25) is 5.88 Å². The minimum atomic E-state index is 0.441. The van der Waals surface area contributed by atoms with Crippen LogP contribution in [0.2, 0.25) is 0 Å². The molecule has 0 bridgehead atoms. The zero-order valence-electron chi connectivity index (χ0n) is 17.1. The average Bonchev–Trinajstić information content (AvgIpc) is 3.22. The SMILES string of the molecule is C1CCCCC1.NCc1ccnc(OCC2CCCN2SN2CCOCC2)c1.